The third kappa shape index (κ3) is 2.42. The molecule has 0 amide bonds. The highest BCUT2D eigenvalue weighted by Crippen LogP contribution is 2.40. The minimum Gasteiger partial charge on any atom is -0.166 e. The maximum Gasteiger partial charge on any atom is 0.418 e. The van der Waals surface area contributed by atoms with Crippen molar-refractivity contribution in [2.45, 2.75) is 17.9 Å². The SMILES string of the molecule is CC(Br)c1cccc(Cl)c1C(F)(F)F. The Labute approximate surface area is 93.2 Å². The van der Waals surface area contributed by atoms with Gasteiger partial charge in [0, 0.05) is 4.83 Å². The fourth-order valence-corrected chi connectivity index (χ4v) is 1.84. The standard InChI is InChI=1S/C9H7BrClF3/c1-5(10)6-3-2-4-7(11)8(6)9(12,13)14/h2-5H,1H3. The maximum atomic E-state index is 12.6. The van der Waals surface area contributed by atoms with Crippen LogP contribution in [0, 0.1) is 0 Å². The summed E-state index contributed by atoms with van der Waals surface area (Å²) in [6, 6.07) is 4.15. The molecule has 1 unspecified atom stereocenters. The van der Waals surface area contributed by atoms with Gasteiger partial charge in [0.2, 0.25) is 0 Å². The number of alkyl halides is 4. The largest absolute Gasteiger partial charge is 0.418 e. The van der Waals surface area contributed by atoms with Crippen molar-refractivity contribution < 1.29 is 13.2 Å². The van der Waals surface area contributed by atoms with E-state index >= 15 is 0 Å². The first-order chi connectivity index (χ1) is 6.34. The van der Waals surface area contributed by atoms with Crippen LogP contribution < -0.4 is 0 Å². The van der Waals surface area contributed by atoms with Crippen LogP contribution in [-0.2, 0) is 6.18 Å². The van der Waals surface area contributed by atoms with Gasteiger partial charge in [-0.25, -0.2) is 0 Å². The molecule has 0 nitrogen and oxygen atoms in total. The van der Waals surface area contributed by atoms with Crippen LogP contribution in [0.25, 0.3) is 0 Å². The molecule has 1 atom stereocenters. The summed E-state index contributed by atoms with van der Waals surface area (Å²) in [5, 5.41) is -0.263. The normalized spacial score (nSPS) is 14.1. The summed E-state index contributed by atoms with van der Waals surface area (Å²) in [5.74, 6) is 0. The second-order valence-corrected chi connectivity index (χ2v) is 4.60. The van der Waals surface area contributed by atoms with Crippen molar-refractivity contribution in [3.8, 4) is 0 Å². The summed E-state index contributed by atoms with van der Waals surface area (Å²) in [4.78, 5) is -0.377. The molecule has 0 radical (unpaired) electrons. The van der Waals surface area contributed by atoms with E-state index in [-0.39, 0.29) is 15.4 Å². The van der Waals surface area contributed by atoms with E-state index in [0.717, 1.165) is 0 Å². The van der Waals surface area contributed by atoms with Crippen LogP contribution >= 0.6 is 27.5 Å². The van der Waals surface area contributed by atoms with E-state index in [1.54, 1.807) is 6.92 Å². The molecular formula is C9H7BrClF3. The average molecular weight is 288 g/mol. The summed E-state index contributed by atoms with van der Waals surface area (Å²) in [6.45, 7) is 1.63. The molecule has 0 fully saturated rings. The molecule has 1 aromatic rings. The Bertz CT molecular complexity index is 333. The molecule has 1 rings (SSSR count). The number of halogens is 5. The molecule has 1 aromatic carbocycles. The minimum absolute atomic E-state index is 0.157. The van der Waals surface area contributed by atoms with E-state index in [0.29, 0.717) is 0 Å². The van der Waals surface area contributed by atoms with Gasteiger partial charge >= 0.3 is 6.18 Å². The van der Waals surface area contributed by atoms with Gasteiger partial charge in [-0.2, -0.15) is 13.2 Å². The summed E-state index contributed by atoms with van der Waals surface area (Å²) in [5.41, 5.74) is -0.601. The smallest absolute Gasteiger partial charge is 0.166 e. The first kappa shape index (κ1) is 11.9. The lowest BCUT2D eigenvalue weighted by Gasteiger charge is -2.15. The van der Waals surface area contributed by atoms with E-state index in [2.05, 4.69) is 15.9 Å². The highest BCUT2D eigenvalue weighted by molar-refractivity contribution is 9.09. The van der Waals surface area contributed by atoms with Crippen LogP contribution in [0.4, 0.5) is 13.2 Å². The van der Waals surface area contributed by atoms with E-state index in [1.165, 1.54) is 18.2 Å². The highest BCUT2D eigenvalue weighted by Gasteiger charge is 2.36. The van der Waals surface area contributed by atoms with Gasteiger partial charge in [-0.1, -0.05) is 39.7 Å². The quantitative estimate of drug-likeness (QED) is 0.650. The molecule has 5 heteroatoms. The molecule has 0 heterocycles. The zero-order valence-electron chi connectivity index (χ0n) is 7.20. The van der Waals surface area contributed by atoms with E-state index < -0.39 is 11.7 Å². The highest BCUT2D eigenvalue weighted by atomic mass is 79.9. The number of rotatable bonds is 1. The predicted molar refractivity (Wildman–Crippen MR) is 53.8 cm³/mol. The van der Waals surface area contributed by atoms with Crippen LogP contribution in [-0.4, -0.2) is 0 Å². The van der Waals surface area contributed by atoms with Crippen LogP contribution in [0.5, 0.6) is 0 Å². The monoisotopic (exact) mass is 286 g/mol. The van der Waals surface area contributed by atoms with Gasteiger partial charge in [0.25, 0.3) is 0 Å². The van der Waals surface area contributed by atoms with Crippen LogP contribution in [0.15, 0.2) is 18.2 Å². The van der Waals surface area contributed by atoms with Crippen molar-refractivity contribution in [2.24, 2.45) is 0 Å². The van der Waals surface area contributed by atoms with Crippen molar-refractivity contribution >= 4 is 27.5 Å². The summed E-state index contributed by atoms with van der Waals surface area (Å²) in [6.07, 6.45) is -4.41. The van der Waals surface area contributed by atoms with Crippen molar-refractivity contribution in [3.63, 3.8) is 0 Å². The van der Waals surface area contributed by atoms with Crippen molar-refractivity contribution in [3.05, 3.63) is 34.3 Å². The van der Waals surface area contributed by atoms with Crippen LogP contribution in [0.3, 0.4) is 0 Å². The molecule has 0 aliphatic carbocycles. The summed E-state index contributed by atoms with van der Waals surface area (Å²) < 4.78 is 37.7. The summed E-state index contributed by atoms with van der Waals surface area (Å²) >= 11 is 8.62. The van der Waals surface area contributed by atoms with Gasteiger partial charge in [-0.05, 0) is 18.6 Å². The lowest BCUT2D eigenvalue weighted by molar-refractivity contribution is -0.138. The zero-order valence-corrected chi connectivity index (χ0v) is 9.54. The fourth-order valence-electron chi connectivity index (χ4n) is 1.17. The molecule has 0 saturated carbocycles. The number of hydrogen-bond donors (Lipinski definition) is 0. The fraction of sp³-hybridized carbons (Fsp3) is 0.333. The molecule has 0 aliphatic heterocycles. The molecule has 0 aromatic heterocycles. The first-order valence-corrected chi connectivity index (χ1v) is 5.13. The van der Waals surface area contributed by atoms with Gasteiger partial charge in [0.05, 0.1) is 10.6 Å². The second-order valence-electron chi connectivity index (χ2n) is 2.82. The van der Waals surface area contributed by atoms with E-state index in [1.807, 2.05) is 0 Å². The molecule has 0 bridgehead atoms. The molecule has 14 heavy (non-hydrogen) atoms. The molecule has 0 saturated heterocycles. The van der Waals surface area contributed by atoms with Gasteiger partial charge < -0.3 is 0 Å². The minimum atomic E-state index is -4.41. The topological polar surface area (TPSA) is 0 Å². The molecule has 78 valence electrons. The third-order valence-electron chi connectivity index (χ3n) is 1.76. The third-order valence-corrected chi connectivity index (χ3v) is 2.57. The van der Waals surface area contributed by atoms with Crippen molar-refractivity contribution in [1.82, 2.24) is 0 Å². The average Bonchev–Trinajstić information content (AvgIpc) is 2.01. The maximum absolute atomic E-state index is 12.6. The second kappa shape index (κ2) is 4.11. The summed E-state index contributed by atoms with van der Waals surface area (Å²) in [7, 11) is 0. The van der Waals surface area contributed by atoms with Crippen molar-refractivity contribution in [1.29, 1.82) is 0 Å². The molecule has 0 aliphatic rings. The Morgan fingerprint density at radius 1 is 1.36 bits per heavy atom. The van der Waals surface area contributed by atoms with E-state index in [9.17, 15) is 13.2 Å². The van der Waals surface area contributed by atoms with E-state index in [4.69, 9.17) is 11.6 Å². The number of hydrogen-bond acceptors (Lipinski definition) is 0. The first-order valence-electron chi connectivity index (χ1n) is 3.83. The molecular weight excluding hydrogens is 280 g/mol. The Morgan fingerprint density at radius 2 is 1.93 bits per heavy atom. The Balaban J connectivity index is 3.38. The molecule has 0 N–H and O–H groups in total. The lowest BCUT2D eigenvalue weighted by Crippen LogP contribution is -2.10. The zero-order chi connectivity index (χ0) is 10.9. The van der Waals surface area contributed by atoms with Crippen LogP contribution in [0.2, 0.25) is 5.02 Å². The predicted octanol–water partition coefficient (Wildman–Crippen LogP) is 4.81. The Morgan fingerprint density at radius 3 is 2.29 bits per heavy atom. The van der Waals surface area contributed by atoms with Crippen molar-refractivity contribution in [2.75, 3.05) is 0 Å². The van der Waals surface area contributed by atoms with Gasteiger partial charge in [-0.15, -0.1) is 0 Å². The Hall–Kier alpha value is -0.220. The number of benzene rings is 1. The molecule has 0 spiro atoms. The lowest BCUT2D eigenvalue weighted by atomic mass is 10.1. The van der Waals surface area contributed by atoms with Crippen LogP contribution in [0.1, 0.15) is 22.9 Å². The van der Waals surface area contributed by atoms with Gasteiger partial charge in [-0.3, -0.25) is 0 Å². The van der Waals surface area contributed by atoms with Gasteiger partial charge in [0.1, 0.15) is 0 Å². The van der Waals surface area contributed by atoms with Gasteiger partial charge in [0.15, 0.2) is 0 Å². The Kier molecular flexibility index (Phi) is 3.48.